The zero-order chi connectivity index (χ0) is 12.6. The molecular formula is C14H15NO2S. The molecule has 0 amide bonds. The molecule has 1 saturated heterocycles. The number of nitrogens with one attached hydrogen (secondary N) is 1. The summed E-state index contributed by atoms with van der Waals surface area (Å²) in [4.78, 5) is 0. The van der Waals surface area contributed by atoms with Crippen molar-refractivity contribution in [1.82, 2.24) is 5.32 Å². The smallest absolute Gasteiger partial charge is 0.153 e. The number of sulfone groups is 1. The Hall–Kier alpha value is -1.39. The first-order valence-electron chi connectivity index (χ1n) is 6.07. The average molecular weight is 261 g/mol. The van der Waals surface area contributed by atoms with E-state index >= 15 is 0 Å². The van der Waals surface area contributed by atoms with E-state index in [0.717, 1.165) is 16.3 Å². The van der Waals surface area contributed by atoms with E-state index in [-0.39, 0.29) is 17.5 Å². The van der Waals surface area contributed by atoms with Crippen LogP contribution in [0.3, 0.4) is 0 Å². The summed E-state index contributed by atoms with van der Waals surface area (Å²) in [5, 5.41) is 5.59. The van der Waals surface area contributed by atoms with Crippen molar-refractivity contribution in [3.63, 3.8) is 0 Å². The molecule has 1 N–H and O–H groups in total. The normalized spacial score (nSPS) is 23.0. The Balaban J connectivity index is 2.09. The molecule has 0 spiro atoms. The molecule has 1 heterocycles. The summed E-state index contributed by atoms with van der Waals surface area (Å²) < 4.78 is 23.5. The second-order valence-electron chi connectivity index (χ2n) is 4.69. The standard InChI is InChI=1S/C14H15NO2S/c16-18(17)9-8-15-14(10-18)13-7-3-5-11-4-1-2-6-12(11)13/h1-7,14-15H,8-10H2. The minimum absolute atomic E-state index is 0.0881. The number of benzene rings is 2. The van der Waals surface area contributed by atoms with Crippen LogP contribution in [0.5, 0.6) is 0 Å². The SMILES string of the molecule is O=S1(=O)CCNC(c2cccc3ccccc23)C1. The molecule has 2 aromatic rings. The van der Waals surface area contributed by atoms with Crippen LogP contribution in [0.15, 0.2) is 42.5 Å². The van der Waals surface area contributed by atoms with Crippen LogP contribution in [-0.2, 0) is 9.84 Å². The van der Waals surface area contributed by atoms with Gasteiger partial charge in [-0.15, -0.1) is 0 Å². The lowest BCUT2D eigenvalue weighted by Gasteiger charge is -2.25. The molecular weight excluding hydrogens is 246 g/mol. The third-order valence-electron chi connectivity index (χ3n) is 3.42. The van der Waals surface area contributed by atoms with Gasteiger partial charge in [0.25, 0.3) is 0 Å². The molecule has 94 valence electrons. The molecule has 1 fully saturated rings. The van der Waals surface area contributed by atoms with E-state index in [2.05, 4.69) is 17.4 Å². The zero-order valence-corrected chi connectivity index (χ0v) is 10.8. The number of rotatable bonds is 1. The predicted octanol–water partition coefficient (Wildman–Crippen LogP) is 1.90. The summed E-state index contributed by atoms with van der Waals surface area (Å²) in [6, 6.07) is 14.1. The predicted molar refractivity (Wildman–Crippen MR) is 73.3 cm³/mol. The first-order chi connectivity index (χ1) is 8.66. The summed E-state index contributed by atoms with van der Waals surface area (Å²) in [5.41, 5.74) is 1.08. The molecule has 1 atom stereocenters. The maximum Gasteiger partial charge on any atom is 0.153 e. The highest BCUT2D eigenvalue weighted by atomic mass is 32.2. The van der Waals surface area contributed by atoms with E-state index in [0.29, 0.717) is 6.54 Å². The van der Waals surface area contributed by atoms with E-state index in [4.69, 9.17) is 0 Å². The summed E-state index contributed by atoms with van der Waals surface area (Å²) >= 11 is 0. The van der Waals surface area contributed by atoms with Gasteiger partial charge in [-0.25, -0.2) is 8.42 Å². The number of fused-ring (bicyclic) bond motifs is 1. The van der Waals surface area contributed by atoms with Gasteiger partial charge in [0, 0.05) is 12.6 Å². The average Bonchev–Trinajstić information content (AvgIpc) is 2.37. The van der Waals surface area contributed by atoms with E-state index in [1.165, 1.54) is 0 Å². The Morgan fingerprint density at radius 2 is 1.83 bits per heavy atom. The molecule has 1 unspecified atom stereocenters. The molecule has 3 rings (SSSR count). The number of hydrogen-bond donors (Lipinski definition) is 1. The van der Waals surface area contributed by atoms with Crippen molar-refractivity contribution in [1.29, 1.82) is 0 Å². The third-order valence-corrected chi connectivity index (χ3v) is 5.09. The van der Waals surface area contributed by atoms with Gasteiger partial charge in [-0.05, 0) is 16.3 Å². The minimum atomic E-state index is -2.91. The maximum absolute atomic E-state index is 11.7. The lowest BCUT2D eigenvalue weighted by atomic mass is 9.99. The van der Waals surface area contributed by atoms with E-state index in [9.17, 15) is 8.42 Å². The third kappa shape index (κ3) is 2.13. The molecule has 0 saturated carbocycles. The van der Waals surface area contributed by atoms with E-state index in [1.54, 1.807) is 0 Å². The van der Waals surface area contributed by atoms with Gasteiger partial charge in [0.2, 0.25) is 0 Å². The monoisotopic (exact) mass is 261 g/mol. The Labute approximate surface area is 107 Å². The summed E-state index contributed by atoms with van der Waals surface area (Å²) in [7, 11) is -2.91. The van der Waals surface area contributed by atoms with Gasteiger partial charge in [-0.3, -0.25) is 0 Å². The fourth-order valence-corrected chi connectivity index (χ4v) is 3.94. The lowest BCUT2D eigenvalue weighted by molar-refractivity contribution is 0.532. The molecule has 3 nitrogen and oxygen atoms in total. The van der Waals surface area contributed by atoms with Gasteiger partial charge >= 0.3 is 0 Å². The summed E-state index contributed by atoms with van der Waals surface area (Å²) in [6.07, 6.45) is 0. The van der Waals surface area contributed by atoms with Crippen molar-refractivity contribution < 1.29 is 8.42 Å². The first-order valence-corrected chi connectivity index (χ1v) is 7.89. The first kappa shape index (κ1) is 11.7. The fraction of sp³-hybridized carbons (Fsp3) is 0.286. The highest BCUT2D eigenvalue weighted by molar-refractivity contribution is 7.91. The van der Waals surface area contributed by atoms with Gasteiger partial charge < -0.3 is 5.32 Å². The molecule has 1 aliphatic heterocycles. The van der Waals surface area contributed by atoms with Crippen molar-refractivity contribution in [2.45, 2.75) is 6.04 Å². The molecule has 0 bridgehead atoms. The molecule has 2 aromatic carbocycles. The van der Waals surface area contributed by atoms with Crippen LogP contribution in [0.25, 0.3) is 10.8 Å². The van der Waals surface area contributed by atoms with Gasteiger partial charge in [-0.2, -0.15) is 0 Å². The fourth-order valence-electron chi connectivity index (χ4n) is 2.54. The second-order valence-corrected chi connectivity index (χ2v) is 6.92. The van der Waals surface area contributed by atoms with Crippen molar-refractivity contribution in [2.24, 2.45) is 0 Å². The summed E-state index contributed by atoms with van der Waals surface area (Å²) in [6.45, 7) is 0.538. The number of hydrogen-bond acceptors (Lipinski definition) is 3. The van der Waals surface area contributed by atoms with Crippen LogP contribution < -0.4 is 5.32 Å². The van der Waals surface area contributed by atoms with Crippen molar-refractivity contribution in [3.05, 3.63) is 48.0 Å². The maximum atomic E-state index is 11.7. The molecule has 1 aliphatic rings. The largest absolute Gasteiger partial charge is 0.308 e. The van der Waals surface area contributed by atoms with Crippen LogP contribution >= 0.6 is 0 Å². The lowest BCUT2D eigenvalue weighted by Crippen LogP contribution is -2.39. The second kappa shape index (κ2) is 4.37. The van der Waals surface area contributed by atoms with E-state index < -0.39 is 9.84 Å². The zero-order valence-electron chi connectivity index (χ0n) is 9.96. The Morgan fingerprint density at radius 3 is 2.67 bits per heavy atom. The van der Waals surface area contributed by atoms with Gasteiger partial charge in [0.15, 0.2) is 9.84 Å². The quantitative estimate of drug-likeness (QED) is 0.853. The Bertz CT molecular complexity index is 674. The molecule has 4 heteroatoms. The van der Waals surface area contributed by atoms with Crippen LogP contribution in [0.2, 0.25) is 0 Å². The van der Waals surface area contributed by atoms with Crippen LogP contribution in [0.1, 0.15) is 11.6 Å². The van der Waals surface area contributed by atoms with Crippen LogP contribution in [0, 0.1) is 0 Å². The Kier molecular flexibility index (Phi) is 2.84. The van der Waals surface area contributed by atoms with Gasteiger partial charge in [0.1, 0.15) is 0 Å². The Morgan fingerprint density at radius 1 is 1.06 bits per heavy atom. The van der Waals surface area contributed by atoms with Crippen molar-refractivity contribution >= 4 is 20.6 Å². The molecule has 18 heavy (non-hydrogen) atoms. The topological polar surface area (TPSA) is 46.2 Å². The highest BCUT2D eigenvalue weighted by Gasteiger charge is 2.26. The van der Waals surface area contributed by atoms with Gasteiger partial charge in [-0.1, -0.05) is 42.5 Å². The summed E-state index contributed by atoms with van der Waals surface area (Å²) in [5.74, 6) is 0.440. The minimum Gasteiger partial charge on any atom is -0.308 e. The van der Waals surface area contributed by atoms with Gasteiger partial charge in [0.05, 0.1) is 11.5 Å². The van der Waals surface area contributed by atoms with Crippen molar-refractivity contribution in [3.8, 4) is 0 Å². The van der Waals surface area contributed by atoms with E-state index in [1.807, 2.05) is 30.3 Å². The molecule has 0 aliphatic carbocycles. The molecule has 0 radical (unpaired) electrons. The highest BCUT2D eigenvalue weighted by Crippen LogP contribution is 2.26. The molecule has 0 aromatic heterocycles. The van der Waals surface area contributed by atoms with Crippen molar-refractivity contribution in [2.75, 3.05) is 18.1 Å². The van der Waals surface area contributed by atoms with Crippen LogP contribution in [-0.4, -0.2) is 26.5 Å². The van der Waals surface area contributed by atoms with Crippen LogP contribution in [0.4, 0.5) is 0 Å².